The monoisotopic (exact) mass is 359 g/mol. The molecule has 1 saturated heterocycles. The predicted octanol–water partition coefficient (Wildman–Crippen LogP) is 1.80. The molecule has 3 rings (SSSR count). The van der Waals surface area contributed by atoms with E-state index in [1.165, 1.54) is 0 Å². The molecule has 1 atom stereocenters. The molecule has 26 heavy (non-hydrogen) atoms. The molecular formula is C20H29N3O3. The third-order valence-corrected chi connectivity index (χ3v) is 5.42. The Balaban J connectivity index is 1.45. The molecule has 2 N–H and O–H groups in total. The maximum Gasteiger partial charge on any atom is 0.227 e. The van der Waals surface area contributed by atoms with E-state index in [4.69, 9.17) is 4.74 Å². The lowest BCUT2D eigenvalue weighted by Crippen LogP contribution is -2.55. The SMILES string of the molecule is CC(C)(CNC(=O)CC[C@H]1Cc2ccccc2NC1=O)N1CCOCC1. The van der Waals surface area contributed by atoms with Gasteiger partial charge in [-0.05, 0) is 38.3 Å². The molecular weight excluding hydrogens is 330 g/mol. The fraction of sp³-hybridized carbons (Fsp3) is 0.600. The largest absolute Gasteiger partial charge is 0.379 e. The highest BCUT2D eigenvalue weighted by molar-refractivity contribution is 5.96. The fourth-order valence-electron chi connectivity index (χ4n) is 3.64. The van der Waals surface area contributed by atoms with Crippen molar-refractivity contribution in [2.24, 2.45) is 5.92 Å². The van der Waals surface area contributed by atoms with E-state index in [2.05, 4.69) is 29.4 Å². The lowest BCUT2D eigenvalue weighted by Gasteiger charge is -2.40. The Morgan fingerprint density at radius 2 is 2.04 bits per heavy atom. The number of carbonyl (C=O) groups excluding carboxylic acids is 2. The third kappa shape index (κ3) is 4.62. The number of rotatable bonds is 6. The van der Waals surface area contributed by atoms with Gasteiger partial charge in [-0.3, -0.25) is 14.5 Å². The van der Waals surface area contributed by atoms with Gasteiger partial charge in [0.2, 0.25) is 11.8 Å². The van der Waals surface area contributed by atoms with E-state index >= 15 is 0 Å². The van der Waals surface area contributed by atoms with E-state index < -0.39 is 0 Å². The summed E-state index contributed by atoms with van der Waals surface area (Å²) in [6.45, 7) is 8.17. The molecule has 0 spiro atoms. The van der Waals surface area contributed by atoms with E-state index in [0.29, 0.717) is 25.8 Å². The molecule has 1 aromatic rings. The Morgan fingerprint density at radius 3 is 2.81 bits per heavy atom. The van der Waals surface area contributed by atoms with Crippen LogP contribution in [-0.4, -0.2) is 55.1 Å². The van der Waals surface area contributed by atoms with Gasteiger partial charge in [-0.2, -0.15) is 0 Å². The van der Waals surface area contributed by atoms with E-state index in [1.54, 1.807) is 0 Å². The normalized spacial score (nSPS) is 21.0. The topological polar surface area (TPSA) is 70.7 Å². The van der Waals surface area contributed by atoms with Gasteiger partial charge < -0.3 is 15.4 Å². The van der Waals surface area contributed by atoms with E-state index in [1.807, 2.05) is 24.3 Å². The van der Waals surface area contributed by atoms with Crippen LogP contribution in [0.25, 0.3) is 0 Å². The van der Waals surface area contributed by atoms with Crippen LogP contribution in [0, 0.1) is 5.92 Å². The van der Waals surface area contributed by atoms with Crippen LogP contribution >= 0.6 is 0 Å². The molecule has 6 heteroatoms. The second kappa shape index (κ2) is 8.18. The van der Waals surface area contributed by atoms with Crippen LogP contribution in [0.3, 0.4) is 0 Å². The molecule has 6 nitrogen and oxygen atoms in total. The Labute approximate surface area is 155 Å². The zero-order chi connectivity index (χ0) is 18.6. The number of fused-ring (bicyclic) bond motifs is 1. The van der Waals surface area contributed by atoms with Crippen molar-refractivity contribution in [3.05, 3.63) is 29.8 Å². The Kier molecular flexibility index (Phi) is 5.94. The average molecular weight is 359 g/mol. The second-order valence-electron chi connectivity index (χ2n) is 7.77. The van der Waals surface area contributed by atoms with Crippen LogP contribution in [0.5, 0.6) is 0 Å². The van der Waals surface area contributed by atoms with Crippen molar-refractivity contribution in [1.29, 1.82) is 0 Å². The Morgan fingerprint density at radius 1 is 1.31 bits per heavy atom. The zero-order valence-electron chi connectivity index (χ0n) is 15.7. The quantitative estimate of drug-likeness (QED) is 0.813. The van der Waals surface area contributed by atoms with Gasteiger partial charge in [0.05, 0.1) is 13.2 Å². The smallest absolute Gasteiger partial charge is 0.227 e. The molecule has 0 radical (unpaired) electrons. The first-order valence-corrected chi connectivity index (χ1v) is 9.44. The first-order chi connectivity index (χ1) is 12.5. The number of carbonyl (C=O) groups is 2. The maximum absolute atomic E-state index is 12.3. The molecule has 0 saturated carbocycles. The third-order valence-electron chi connectivity index (χ3n) is 5.42. The molecule has 2 amide bonds. The molecule has 2 aliphatic rings. The lowest BCUT2D eigenvalue weighted by molar-refractivity contribution is -0.123. The highest BCUT2D eigenvalue weighted by Crippen LogP contribution is 2.27. The summed E-state index contributed by atoms with van der Waals surface area (Å²) in [7, 11) is 0. The van der Waals surface area contributed by atoms with Crippen LogP contribution in [0.4, 0.5) is 5.69 Å². The standard InChI is InChI=1S/C20H29N3O3/c1-20(2,23-9-11-26-12-10-23)14-21-18(24)8-7-16-13-15-5-3-4-6-17(15)22-19(16)25/h3-6,16H,7-14H2,1-2H3,(H,21,24)(H,22,25)/t16-/m0/s1. The van der Waals surface area contributed by atoms with Crippen molar-refractivity contribution in [2.45, 2.75) is 38.6 Å². The van der Waals surface area contributed by atoms with Gasteiger partial charge in [-0.25, -0.2) is 0 Å². The number of nitrogens with zero attached hydrogens (tertiary/aromatic N) is 1. The number of benzene rings is 1. The Bertz CT molecular complexity index is 653. The van der Waals surface area contributed by atoms with Crippen molar-refractivity contribution in [3.8, 4) is 0 Å². The van der Waals surface area contributed by atoms with Gasteiger partial charge >= 0.3 is 0 Å². The number of hydrogen-bond acceptors (Lipinski definition) is 4. The molecule has 1 fully saturated rings. The first-order valence-electron chi connectivity index (χ1n) is 9.44. The van der Waals surface area contributed by atoms with Crippen LogP contribution in [0.15, 0.2) is 24.3 Å². The molecule has 0 aromatic heterocycles. The number of morpholine rings is 1. The summed E-state index contributed by atoms with van der Waals surface area (Å²) in [4.78, 5) is 26.9. The van der Waals surface area contributed by atoms with E-state index in [9.17, 15) is 9.59 Å². The zero-order valence-corrected chi connectivity index (χ0v) is 15.7. The lowest BCUT2D eigenvalue weighted by atomic mass is 9.89. The Hall–Kier alpha value is -1.92. The first kappa shape index (κ1) is 18.9. The minimum Gasteiger partial charge on any atom is -0.379 e. The molecule has 0 bridgehead atoms. The van der Waals surface area contributed by atoms with Gasteiger partial charge in [-0.1, -0.05) is 18.2 Å². The van der Waals surface area contributed by atoms with Crippen molar-refractivity contribution >= 4 is 17.5 Å². The van der Waals surface area contributed by atoms with E-state index in [-0.39, 0.29) is 23.3 Å². The van der Waals surface area contributed by atoms with E-state index in [0.717, 1.165) is 37.6 Å². The maximum atomic E-state index is 12.3. The molecule has 2 heterocycles. The number of hydrogen-bond donors (Lipinski definition) is 2. The van der Waals surface area contributed by atoms with Crippen molar-refractivity contribution in [3.63, 3.8) is 0 Å². The average Bonchev–Trinajstić information content (AvgIpc) is 2.65. The predicted molar refractivity (Wildman–Crippen MR) is 101 cm³/mol. The number of ether oxygens (including phenoxy) is 1. The van der Waals surface area contributed by atoms with Crippen LogP contribution in [0.1, 0.15) is 32.3 Å². The minimum absolute atomic E-state index is 0.0120. The second-order valence-corrected chi connectivity index (χ2v) is 7.77. The molecule has 142 valence electrons. The van der Waals surface area contributed by atoms with Gasteiger partial charge in [0.25, 0.3) is 0 Å². The number of amides is 2. The van der Waals surface area contributed by atoms with Crippen molar-refractivity contribution in [2.75, 3.05) is 38.2 Å². The number of para-hydroxylation sites is 1. The van der Waals surface area contributed by atoms with Gasteiger partial charge in [-0.15, -0.1) is 0 Å². The van der Waals surface area contributed by atoms with Crippen LogP contribution in [0.2, 0.25) is 0 Å². The molecule has 2 aliphatic heterocycles. The summed E-state index contributed by atoms with van der Waals surface area (Å²) >= 11 is 0. The summed E-state index contributed by atoms with van der Waals surface area (Å²) in [5.41, 5.74) is 1.94. The highest BCUT2D eigenvalue weighted by Gasteiger charge is 2.29. The summed E-state index contributed by atoms with van der Waals surface area (Å²) < 4.78 is 5.39. The van der Waals surface area contributed by atoms with Crippen molar-refractivity contribution in [1.82, 2.24) is 10.2 Å². The molecule has 0 aliphatic carbocycles. The molecule has 0 unspecified atom stereocenters. The fourth-order valence-corrected chi connectivity index (χ4v) is 3.64. The summed E-state index contributed by atoms with van der Waals surface area (Å²) in [6.07, 6.45) is 1.65. The van der Waals surface area contributed by atoms with Gasteiger partial charge in [0, 0.05) is 43.2 Å². The number of anilines is 1. The minimum atomic E-state index is -0.136. The van der Waals surface area contributed by atoms with Gasteiger partial charge in [0.15, 0.2) is 0 Å². The highest BCUT2D eigenvalue weighted by atomic mass is 16.5. The summed E-state index contributed by atoms with van der Waals surface area (Å²) in [5.74, 6) is -0.106. The number of nitrogens with one attached hydrogen (secondary N) is 2. The van der Waals surface area contributed by atoms with Crippen LogP contribution < -0.4 is 10.6 Å². The van der Waals surface area contributed by atoms with Crippen LogP contribution in [-0.2, 0) is 20.7 Å². The summed E-state index contributed by atoms with van der Waals surface area (Å²) in [5, 5.41) is 5.98. The van der Waals surface area contributed by atoms with Crippen molar-refractivity contribution < 1.29 is 14.3 Å². The van der Waals surface area contributed by atoms with Gasteiger partial charge in [0.1, 0.15) is 0 Å². The molecule has 1 aromatic carbocycles. The summed E-state index contributed by atoms with van der Waals surface area (Å²) in [6, 6.07) is 7.85.